The van der Waals surface area contributed by atoms with Gasteiger partial charge in [-0.2, -0.15) is 0 Å². The highest BCUT2D eigenvalue weighted by Crippen LogP contribution is 2.30. The first-order chi connectivity index (χ1) is 14.5. The molecule has 4 rings (SSSR count). The van der Waals surface area contributed by atoms with E-state index in [4.69, 9.17) is 9.72 Å². The van der Waals surface area contributed by atoms with Gasteiger partial charge in [0.15, 0.2) is 5.82 Å². The summed E-state index contributed by atoms with van der Waals surface area (Å²) in [6.45, 7) is 1.34. The van der Waals surface area contributed by atoms with Crippen molar-refractivity contribution in [2.24, 2.45) is 13.0 Å². The summed E-state index contributed by atoms with van der Waals surface area (Å²) in [5.41, 5.74) is 1.87. The van der Waals surface area contributed by atoms with Crippen LogP contribution in [-0.2, 0) is 11.8 Å². The SMILES string of the molecule is Cn1cncc1-c1nc(C(=O)NC2CCC(C(F)F)CC2)cc(C2CCOCC2)n1. The molecule has 1 N–H and O–H groups in total. The normalized spacial score (nSPS) is 22.9. The number of aryl methyl sites for hydroxylation is 1. The summed E-state index contributed by atoms with van der Waals surface area (Å²) in [7, 11) is 1.86. The van der Waals surface area contributed by atoms with E-state index in [0.29, 0.717) is 50.4 Å². The zero-order valence-corrected chi connectivity index (χ0v) is 17.1. The molecule has 7 nitrogen and oxygen atoms in total. The Morgan fingerprint density at radius 2 is 1.90 bits per heavy atom. The van der Waals surface area contributed by atoms with Gasteiger partial charge in [0, 0.05) is 43.8 Å². The van der Waals surface area contributed by atoms with Gasteiger partial charge in [0.2, 0.25) is 6.43 Å². The van der Waals surface area contributed by atoms with Crippen molar-refractivity contribution < 1.29 is 18.3 Å². The van der Waals surface area contributed by atoms with Crippen molar-refractivity contribution in [2.75, 3.05) is 13.2 Å². The van der Waals surface area contributed by atoms with Crippen LogP contribution in [0.2, 0.25) is 0 Å². The van der Waals surface area contributed by atoms with Crippen molar-refractivity contribution in [1.82, 2.24) is 24.8 Å². The van der Waals surface area contributed by atoms with Crippen LogP contribution in [0.1, 0.15) is 60.6 Å². The monoisotopic (exact) mass is 419 g/mol. The lowest BCUT2D eigenvalue weighted by molar-refractivity contribution is 0.0499. The van der Waals surface area contributed by atoms with Gasteiger partial charge in [0.25, 0.3) is 5.91 Å². The van der Waals surface area contributed by atoms with Crippen molar-refractivity contribution in [3.8, 4) is 11.5 Å². The molecule has 30 heavy (non-hydrogen) atoms. The second-order valence-corrected chi connectivity index (χ2v) is 8.20. The van der Waals surface area contributed by atoms with Crippen molar-refractivity contribution in [2.45, 2.75) is 56.9 Å². The van der Waals surface area contributed by atoms with Gasteiger partial charge in [-0.05, 0) is 44.6 Å². The summed E-state index contributed by atoms with van der Waals surface area (Å²) in [4.78, 5) is 26.3. The van der Waals surface area contributed by atoms with Gasteiger partial charge in [-0.1, -0.05) is 0 Å². The second kappa shape index (κ2) is 9.16. The van der Waals surface area contributed by atoms with Gasteiger partial charge in [0.05, 0.1) is 12.5 Å². The van der Waals surface area contributed by atoms with E-state index >= 15 is 0 Å². The molecule has 9 heteroatoms. The number of nitrogens with zero attached hydrogens (tertiary/aromatic N) is 4. The fourth-order valence-electron chi connectivity index (χ4n) is 4.25. The lowest BCUT2D eigenvalue weighted by Gasteiger charge is -2.28. The number of carbonyl (C=O) groups excluding carboxylic acids is 1. The molecular formula is C21H27F2N5O2. The minimum absolute atomic E-state index is 0.103. The highest BCUT2D eigenvalue weighted by Gasteiger charge is 2.29. The molecule has 2 aliphatic rings. The second-order valence-electron chi connectivity index (χ2n) is 8.20. The Balaban J connectivity index is 1.55. The van der Waals surface area contributed by atoms with Gasteiger partial charge >= 0.3 is 0 Å². The molecule has 3 heterocycles. The molecule has 1 aliphatic heterocycles. The Labute approximate surface area is 174 Å². The van der Waals surface area contributed by atoms with Crippen molar-refractivity contribution in [1.29, 1.82) is 0 Å². The number of alkyl halides is 2. The third kappa shape index (κ3) is 4.66. The summed E-state index contributed by atoms with van der Waals surface area (Å²) < 4.78 is 33.0. The molecule has 1 amide bonds. The molecule has 0 unspecified atom stereocenters. The molecule has 2 fully saturated rings. The molecule has 1 aliphatic carbocycles. The van der Waals surface area contributed by atoms with E-state index in [1.165, 1.54) is 0 Å². The molecule has 0 radical (unpaired) electrons. The average molecular weight is 419 g/mol. The highest BCUT2D eigenvalue weighted by atomic mass is 19.3. The molecule has 0 spiro atoms. The van der Waals surface area contributed by atoms with Gasteiger partial charge in [-0.3, -0.25) is 4.79 Å². The quantitative estimate of drug-likeness (QED) is 0.804. The molecule has 2 aromatic heterocycles. The van der Waals surface area contributed by atoms with Gasteiger partial charge < -0.3 is 14.6 Å². The summed E-state index contributed by atoms with van der Waals surface area (Å²) >= 11 is 0. The van der Waals surface area contributed by atoms with Crippen LogP contribution in [0.4, 0.5) is 8.78 Å². The number of rotatable bonds is 5. The fraction of sp³-hybridized carbons (Fsp3) is 0.619. The van der Waals surface area contributed by atoms with E-state index < -0.39 is 12.3 Å². The summed E-state index contributed by atoms with van der Waals surface area (Å²) in [5.74, 6) is -0.171. The number of halogens is 2. The molecule has 1 saturated carbocycles. The first kappa shape index (κ1) is 20.8. The molecule has 0 atom stereocenters. The van der Waals surface area contributed by atoms with Crippen molar-refractivity contribution in [3.63, 3.8) is 0 Å². The van der Waals surface area contributed by atoms with Crippen LogP contribution >= 0.6 is 0 Å². The minimum Gasteiger partial charge on any atom is -0.381 e. The summed E-state index contributed by atoms with van der Waals surface area (Å²) in [5, 5.41) is 2.99. The Bertz CT molecular complexity index is 874. The highest BCUT2D eigenvalue weighted by molar-refractivity contribution is 5.93. The average Bonchev–Trinajstić information content (AvgIpc) is 3.20. The number of hydrogen-bond donors (Lipinski definition) is 1. The molecular weight excluding hydrogens is 392 g/mol. The van der Waals surface area contributed by atoms with E-state index in [9.17, 15) is 13.6 Å². The molecule has 162 valence electrons. The first-order valence-electron chi connectivity index (χ1n) is 10.5. The van der Waals surface area contributed by atoms with Crippen LogP contribution in [-0.4, -0.2) is 51.1 Å². The lowest BCUT2D eigenvalue weighted by atomic mass is 9.86. The Morgan fingerprint density at radius 3 is 2.53 bits per heavy atom. The predicted octanol–water partition coefficient (Wildman–Crippen LogP) is 3.32. The largest absolute Gasteiger partial charge is 0.381 e. The Kier molecular flexibility index (Phi) is 6.36. The van der Waals surface area contributed by atoms with Gasteiger partial charge in [-0.25, -0.2) is 23.7 Å². The van der Waals surface area contributed by atoms with Crippen LogP contribution in [0.25, 0.3) is 11.5 Å². The molecule has 0 bridgehead atoms. The van der Waals surface area contributed by atoms with Crippen molar-refractivity contribution in [3.05, 3.63) is 30.0 Å². The molecule has 1 saturated heterocycles. The van der Waals surface area contributed by atoms with Crippen LogP contribution in [0.5, 0.6) is 0 Å². The first-order valence-corrected chi connectivity index (χ1v) is 10.5. The molecule has 2 aromatic rings. The fourth-order valence-corrected chi connectivity index (χ4v) is 4.25. The van der Waals surface area contributed by atoms with E-state index in [1.807, 2.05) is 11.6 Å². The van der Waals surface area contributed by atoms with E-state index in [0.717, 1.165) is 24.2 Å². The maximum absolute atomic E-state index is 13.0. The maximum Gasteiger partial charge on any atom is 0.270 e. The van der Waals surface area contributed by atoms with Gasteiger partial charge in [-0.15, -0.1) is 0 Å². The zero-order chi connectivity index (χ0) is 21.1. The zero-order valence-electron chi connectivity index (χ0n) is 17.1. The van der Waals surface area contributed by atoms with Crippen molar-refractivity contribution >= 4 is 5.91 Å². The van der Waals surface area contributed by atoms with Crippen LogP contribution in [0.15, 0.2) is 18.6 Å². The molecule has 0 aromatic carbocycles. The topological polar surface area (TPSA) is 81.9 Å². The van der Waals surface area contributed by atoms with E-state index in [2.05, 4.69) is 15.3 Å². The van der Waals surface area contributed by atoms with E-state index in [-0.39, 0.29) is 17.9 Å². The number of aromatic nitrogens is 4. The predicted molar refractivity (Wildman–Crippen MR) is 106 cm³/mol. The maximum atomic E-state index is 13.0. The van der Waals surface area contributed by atoms with E-state index in [1.54, 1.807) is 18.6 Å². The van der Waals surface area contributed by atoms with Crippen LogP contribution < -0.4 is 5.32 Å². The number of amides is 1. The summed E-state index contributed by atoms with van der Waals surface area (Å²) in [6, 6.07) is 1.66. The third-order valence-electron chi connectivity index (χ3n) is 6.13. The van der Waals surface area contributed by atoms with Gasteiger partial charge in [0.1, 0.15) is 11.4 Å². The number of nitrogens with one attached hydrogen (secondary N) is 1. The standard InChI is InChI=1S/C21H27F2N5O2/c1-28-12-24-11-18(28)20-26-16(13-6-8-30-9-7-13)10-17(27-20)21(29)25-15-4-2-14(3-5-15)19(22)23/h10-15,19H,2-9H2,1H3,(H,25,29). The van der Waals surface area contributed by atoms with Crippen LogP contribution in [0.3, 0.4) is 0 Å². The number of carbonyl (C=O) groups is 1. The van der Waals surface area contributed by atoms with Crippen LogP contribution in [0, 0.1) is 5.92 Å². The Morgan fingerprint density at radius 1 is 1.17 bits per heavy atom. The smallest absolute Gasteiger partial charge is 0.270 e. The number of hydrogen-bond acceptors (Lipinski definition) is 5. The Hall–Kier alpha value is -2.42. The minimum atomic E-state index is -2.29. The number of ether oxygens (including phenoxy) is 1. The lowest BCUT2D eigenvalue weighted by Crippen LogP contribution is -2.39. The summed E-state index contributed by atoms with van der Waals surface area (Å²) in [6.07, 6.45) is 4.74. The number of imidazole rings is 1. The third-order valence-corrected chi connectivity index (χ3v) is 6.13.